The molecule has 2 saturated heterocycles. The molecule has 154 valence electrons. The molecule has 1 aromatic carbocycles. The molecule has 3 heterocycles. The second-order valence-corrected chi connectivity index (χ2v) is 8.56. The number of nitrogens with zero attached hydrogens (tertiary/aromatic N) is 1. The number of aromatic nitrogens is 1. The van der Waals surface area contributed by atoms with Crippen molar-refractivity contribution in [3.05, 3.63) is 51.8 Å². The number of fused-ring (bicyclic) bond motifs is 3. The fourth-order valence-electron chi connectivity index (χ4n) is 4.32. The number of allylic oxidation sites excluding steroid dienone is 2. The highest BCUT2D eigenvalue weighted by Gasteiger charge is 2.33. The zero-order chi connectivity index (χ0) is 20.4. The van der Waals surface area contributed by atoms with Crippen LogP contribution in [0.3, 0.4) is 0 Å². The highest BCUT2D eigenvalue weighted by atomic mass is 35.5. The van der Waals surface area contributed by atoms with E-state index in [2.05, 4.69) is 15.2 Å². The Bertz CT molecular complexity index is 927. The third-order valence-corrected chi connectivity index (χ3v) is 6.56. The fraction of sp³-hybridized carbons (Fsp3) is 0.409. The van der Waals surface area contributed by atoms with E-state index in [1.165, 1.54) is 26.5 Å². The molecule has 2 aliphatic heterocycles. The first kappa shape index (κ1) is 20.3. The molecule has 1 aromatic heterocycles. The summed E-state index contributed by atoms with van der Waals surface area (Å²) in [7, 11) is 1.52. The van der Waals surface area contributed by atoms with E-state index in [-0.39, 0.29) is 11.9 Å². The summed E-state index contributed by atoms with van der Waals surface area (Å²) in [5, 5.41) is 5.19. The van der Waals surface area contributed by atoms with Crippen LogP contribution in [0.2, 0.25) is 10.0 Å². The number of H-pyrrole nitrogens is 1. The summed E-state index contributed by atoms with van der Waals surface area (Å²) in [5.74, 6) is 0.693. The van der Waals surface area contributed by atoms with Crippen molar-refractivity contribution in [1.82, 2.24) is 15.2 Å². The minimum Gasteiger partial charge on any atom is -0.491 e. The molecule has 0 saturated carbocycles. The van der Waals surface area contributed by atoms with Crippen LogP contribution in [0.4, 0.5) is 0 Å². The van der Waals surface area contributed by atoms with Gasteiger partial charge in [0.15, 0.2) is 5.76 Å². The van der Waals surface area contributed by atoms with Crippen molar-refractivity contribution in [2.24, 2.45) is 5.92 Å². The first-order valence-electron chi connectivity index (χ1n) is 9.97. The second kappa shape index (κ2) is 8.82. The lowest BCUT2D eigenvalue weighted by molar-refractivity contribution is -0.122. The Morgan fingerprint density at radius 3 is 2.90 bits per heavy atom. The van der Waals surface area contributed by atoms with Crippen LogP contribution in [-0.2, 0) is 9.53 Å². The average Bonchev–Trinajstić information content (AvgIpc) is 3.09. The molecule has 2 bridgehead atoms. The lowest BCUT2D eigenvalue weighted by Crippen LogP contribution is -2.53. The van der Waals surface area contributed by atoms with Gasteiger partial charge >= 0.3 is 0 Å². The molecule has 7 heteroatoms. The van der Waals surface area contributed by atoms with E-state index >= 15 is 0 Å². The molecule has 3 atom stereocenters. The quantitative estimate of drug-likeness (QED) is 0.410. The number of carbonyl (C=O) groups excluding carboxylic acids is 1. The third-order valence-electron chi connectivity index (χ3n) is 5.83. The van der Waals surface area contributed by atoms with E-state index in [1.54, 1.807) is 18.2 Å². The lowest BCUT2D eigenvalue weighted by Gasteiger charge is -2.42. The Labute approximate surface area is 180 Å². The van der Waals surface area contributed by atoms with E-state index in [4.69, 9.17) is 27.9 Å². The summed E-state index contributed by atoms with van der Waals surface area (Å²) >= 11 is 12.1. The van der Waals surface area contributed by atoms with Gasteiger partial charge in [0.2, 0.25) is 0 Å². The third kappa shape index (κ3) is 4.63. The van der Waals surface area contributed by atoms with E-state index in [9.17, 15) is 4.79 Å². The van der Waals surface area contributed by atoms with Gasteiger partial charge in [-0.25, -0.2) is 0 Å². The summed E-state index contributed by atoms with van der Waals surface area (Å²) in [6.45, 7) is 3.34. The zero-order valence-electron chi connectivity index (χ0n) is 16.4. The molecule has 1 amide bonds. The molecule has 4 rings (SSSR count). The van der Waals surface area contributed by atoms with Gasteiger partial charge in [0.25, 0.3) is 5.91 Å². The van der Waals surface area contributed by atoms with Crippen LogP contribution in [0.25, 0.3) is 17.0 Å². The molecular formula is C22H25Cl2N3O2. The van der Waals surface area contributed by atoms with Crippen LogP contribution in [0.5, 0.6) is 0 Å². The maximum Gasteiger partial charge on any atom is 0.286 e. The summed E-state index contributed by atoms with van der Waals surface area (Å²) in [4.78, 5) is 18.4. The Kier molecular flexibility index (Phi) is 6.18. The monoisotopic (exact) mass is 433 g/mol. The Morgan fingerprint density at radius 1 is 1.24 bits per heavy atom. The number of carbonyl (C=O) groups is 1. The van der Waals surface area contributed by atoms with Gasteiger partial charge in [0, 0.05) is 35.7 Å². The largest absolute Gasteiger partial charge is 0.491 e. The molecule has 5 nitrogen and oxygen atoms in total. The maximum atomic E-state index is 12.7. The van der Waals surface area contributed by atoms with Crippen molar-refractivity contribution in [1.29, 1.82) is 0 Å². The van der Waals surface area contributed by atoms with Crippen LogP contribution >= 0.6 is 23.2 Å². The van der Waals surface area contributed by atoms with Gasteiger partial charge in [-0.05, 0) is 62.1 Å². The normalized spacial score (nSPS) is 24.8. The number of nitrogens with one attached hydrogen (secondary N) is 2. The predicted molar refractivity (Wildman–Crippen MR) is 118 cm³/mol. The highest BCUT2D eigenvalue weighted by molar-refractivity contribution is 6.42. The molecule has 2 aromatic rings. The second-order valence-electron chi connectivity index (χ2n) is 7.74. The molecule has 2 fully saturated rings. The molecule has 0 aliphatic carbocycles. The lowest BCUT2D eigenvalue weighted by atomic mass is 9.85. The molecule has 2 unspecified atom stereocenters. The van der Waals surface area contributed by atoms with Crippen LogP contribution < -0.4 is 5.32 Å². The van der Waals surface area contributed by atoms with Gasteiger partial charge in [-0.1, -0.05) is 29.3 Å². The van der Waals surface area contributed by atoms with Crippen LogP contribution in [0, 0.1) is 5.92 Å². The van der Waals surface area contributed by atoms with Gasteiger partial charge < -0.3 is 19.9 Å². The number of hydrogen-bond donors (Lipinski definition) is 2. The van der Waals surface area contributed by atoms with Gasteiger partial charge in [-0.2, -0.15) is 0 Å². The smallest absolute Gasteiger partial charge is 0.286 e. The average molecular weight is 434 g/mol. The van der Waals surface area contributed by atoms with Gasteiger partial charge in [0.05, 0.1) is 17.2 Å². The van der Waals surface area contributed by atoms with E-state index < -0.39 is 0 Å². The first-order chi connectivity index (χ1) is 14.0. The van der Waals surface area contributed by atoms with Gasteiger partial charge in [-0.15, -0.1) is 0 Å². The topological polar surface area (TPSA) is 57.4 Å². The number of piperidine rings is 2. The SMILES string of the molecule is COC(=CC=Cc1cc2cc(Cl)c(Cl)cc2[nH]1)C(=O)N[C@@H]1CCN2CCCC1C2. The minimum absolute atomic E-state index is 0.156. The Hall–Kier alpha value is -1.95. The van der Waals surface area contributed by atoms with Crippen LogP contribution in [0.15, 0.2) is 36.1 Å². The van der Waals surface area contributed by atoms with Crippen molar-refractivity contribution < 1.29 is 9.53 Å². The number of ether oxygens (including phenoxy) is 1. The van der Waals surface area contributed by atoms with Crippen molar-refractivity contribution in [2.75, 3.05) is 26.7 Å². The summed E-state index contributed by atoms with van der Waals surface area (Å²) < 4.78 is 5.33. The number of aromatic amines is 1. The van der Waals surface area contributed by atoms with Gasteiger partial charge in [0.1, 0.15) is 0 Å². The number of hydrogen-bond acceptors (Lipinski definition) is 3. The van der Waals surface area contributed by atoms with Crippen LogP contribution in [-0.4, -0.2) is 48.6 Å². The van der Waals surface area contributed by atoms with E-state index in [0.717, 1.165) is 36.1 Å². The van der Waals surface area contributed by atoms with E-state index in [0.29, 0.717) is 21.7 Å². The van der Waals surface area contributed by atoms with Crippen molar-refractivity contribution >= 4 is 46.1 Å². The minimum atomic E-state index is -0.156. The predicted octanol–water partition coefficient (Wildman–Crippen LogP) is 4.62. The van der Waals surface area contributed by atoms with E-state index in [1.807, 2.05) is 18.2 Å². The number of benzene rings is 1. The fourth-order valence-corrected chi connectivity index (χ4v) is 4.66. The van der Waals surface area contributed by atoms with Crippen molar-refractivity contribution in [2.45, 2.75) is 25.3 Å². The van der Waals surface area contributed by atoms with Crippen molar-refractivity contribution in [3.63, 3.8) is 0 Å². The molecular weight excluding hydrogens is 409 g/mol. The molecule has 0 spiro atoms. The zero-order valence-corrected chi connectivity index (χ0v) is 17.9. The van der Waals surface area contributed by atoms with Crippen molar-refractivity contribution in [3.8, 4) is 0 Å². The summed E-state index contributed by atoms with van der Waals surface area (Å²) in [5.41, 5.74) is 1.80. The molecule has 2 aliphatic rings. The Morgan fingerprint density at radius 2 is 2.07 bits per heavy atom. The maximum absolute atomic E-state index is 12.7. The number of halogens is 2. The highest BCUT2D eigenvalue weighted by Crippen LogP contribution is 2.29. The van der Waals surface area contributed by atoms with Crippen LogP contribution in [0.1, 0.15) is 25.0 Å². The molecule has 29 heavy (non-hydrogen) atoms. The summed E-state index contributed by atoms with van der Waals surface area (Å²) in [6, 6.07) is 5.83. The number of methoxy groups -OCH3 is 1. The Balaban J connectivity index is 1.42. The molecule has 0 radical (unpaired) electrons. The molecule has 2 N–H and O–H groups in total. The van der Waals surface area contributed by atoms with Gasteiger partial charge in [-0.3, -0.25) is 4.79 Å². The number of amides is 1. The number of rotatable bonds is 5. The first-order valence-corrected chi connectivity index (χ1v) is 10.7. The summed E-state index contributed by atoms with van der Waals surface area (Å²) in [6.07, 6.45) is 8.78. The standard InChI is InChI=1S/C22H25Cl2N3O2/c1-29-21(22(28)26-19-7-9-27-8-3-4-14(19)13-27)6-2-5-16-10-15-11-17(23)18(24)12-20(15)25-16/h2,5-6,10-12,14,19,25H,3-4,7-9,13H2,1H3,(H,26,28)/t14?,19-/m1/s1.